The summed E-state index contributed by atoms with van der Waals surface area (Å²) in [5.74, 6) is 0. The number of hydrogen-bond acceptors (Lipinski definition) is 2. The first-order valence-corrected chi connectivity index (χ1v) is 3.97. The largest absolute Gasteiger partial charge is 0.313 e. The first kappa shape index (κ1) is 7.54. The number of carbonyl (C=O) groups is 1. The van der Waals surface area contributed by atoms with Crippen molar-refractivity contribution in [1.29, 1.82) is 0 Å². The molecule has 1 aromatic heterocycles. The number of aryl methyl sites for hydroxylation is 1. The van der Waals surface area contributed by atoms with Crippen LogP contribution in [0.5, 0.6) is 0 Å². The van der Waals surface area contributed by atoms with Gasteiger partial charge in [0.25, 0.3) is 0 Å². The summed E-state index contributed by atoms with van der Waals surface area (Å²) < 4.78 is 0. The number of rotatable bonds is 3. The van der Waals surface area contributed by atoms with Crippen molar-refractivity contribution in [2.45, 2.75) is 12.8 Å². The Bertz CT molecular complexity index is 205. The van der Waals surface area contributed by atoms with Crippen molar-refractivity contribution in [2.24, 2.45) is 0 Å². The molecule has 0 atom stereocenters. The third-order valence-corrected chi connectivity index (χ3v) is 2.13. The summed E-state index contributed by atoms with van der Waals surface area (Å²) in [5.41, 5.74) is -0.228. The zero-order chi connectivity index (χ0) is 7.40. The molecule has 1 nitrogen and oxygen atoms in total. The molecular formula is C7H7BOS. The Morgan fingerprint density at radius 1 is 1.70 bits per heavy atom. The maximum Gasteiger partial charge on any atom is 0.167 e. The monoisotopic (exact) mass is 150 g/mol. The van der Waals surface area contributed by atoms with Crippen molar-refractivity contribution < 1.29 is 4.79 Å². The second kappa shape index (κ2) is 3.57. The Hall–Kier alpha value is -0.565. The lowest BCUT2D eigenvalue weighted by molar-refractivity contribution is -0.111. The number of thiophene rings is 1. The van der Waals surface area contributed by atoms with E-state index in [0.29, 0.717) is 6.42 Å². The molecular weight excluding hydrogens is 143 g/mol. The lowest BCUT2D eigenvalue weighted by Gasteiger charge is -1.90. The molecule has 0 spiro atoms. The molecule has 0 aliphatic rings. The van der Waals surface area contributed by atoms with E-state index in [1.165, 1.54) is 4.88 Å². The molecule has 0 aliphatic carbocycles. The van der Waals surface area contributed by atoms with E-state index in [-0.39, 0.29) is 5.68 Å². The van der Waals surface area contributed by atoms with Crippen LogP contribution in [0, 0.1) is 0 Å². The molecule has 0 aromatic carbocycles. The molecule has 0 aliphatic heterocycles. The van der Waals surface area contributed by atoms with Gasteiger partial charge in [-0.25, -0.2) is 0 Å². The number of carbonyl (C=O) groups excluding carboxylic acids is 1. The van der Waals surface area contributed by atoms with E-state index in [1.54, 1.807) is 11.3 Å². The minimum atomic E-state index is -0.228. The van der Waals surface area contributed by atoms with Crippen molar-refractivity contribution in [3.05, 3.63) is 22.4 Å². The lowest BCUT2D eigenvalue weighted by atomic mass is 9.98. The van der Waals surface area contributed by atoms with E-state index in [1.807, 2.05) is 17.5 Å². The predicted molar refractivity (Wildman–Crippen MR) is 43.4 cm³/mol. The minimum Gasteiger partial charge on any atom is -0.313 e. The van der Waals surface area contributed by atoms with E-state index in [2.05, 4.69) is 0 Å². The van der Waals surface area contributed by atoms with Gasteiger partial charge in [0.2, 0.25) is 0 Å². The molecule has 0 saturated carbocycles. The molecule has 0 bridgehead atoms. The van der Waals surface area contributed by atoms with Crippen LogP contribution in [0.2, 0.25) is 0 Å². The smallest absolute Gasteiger partial charge is 0.167 e. The number of hydrogen-bond donors (Lipinski definition) is 0. The molecule has 0 unspecified atom stereocenters. The van der Waals surface area contributed by atoms with Crippen LogP contribution in [0.3, 0.4) is 0 Å². The standard InChI is InChI=1S/C7H7BOS/c8-7(9)4-3-6-2-1-5-10-6/h1-2,5H,3-4H2. The van der Waals surface area contributed by atoms with Crippen LogP contribution in [0.1, 0.15) is 11.3 Å². The highest BCUT2D eigenvalue weighted by molar-refractivity contribution is 7.09. The summed E-state index contributed by atoms with van der Waals surface area (Å²) >= 11 is 1.66. The summed E-state index contributed by atoms with van der Waals surface area (Å²) in [4.78, 5) is 11.5. The van der Waals surface area contributed by atoms with Crippen LogP contribution in [0.15, 0.2) is 17.5 Å². The van der Waals surface area contributed by atoms with Crippen molar-refractivity contribution in [2.75, 3.05) is 0 Å². The molecule has 0 saturated heterocycles. The normalized spacial score (nSPS) is 9.60. The summed E-state index contributed by atoms with van der Waals surface area (Å²) in [6, 6.07) is 3.98. The van der Waals surface area contributed by atoms with E-state index in [4.69, 9.17) is 7.85 Å². The van der Waals surface area contributed by atoms with Gasteiger partial charge in [0.1, 0.15) is 0 Å². The van der Waals surface area contributed by atoms with Gasteiger partial charge in [-0.15, -0.1) is 11.3 Å². The van der Waals surface area contributed by atoms with Gasteiger partial charge in [0, 0.05) is 4.88 Å². The lowest BCUT2D eigenvalue weighted by Crippen LogP contribution is -1.96. The third kappa shape index (κ3) is 2.35. The van der Waals surface area contributed by atoms with E-state index >= 15 is 0 Å². The fourth-order valence-electron chi connectivity index (χ4n) is 0.701. The van der Waals surface area contributed by atoms with E-state index in [9.17, 15) is 4.79 Å². The molecule has 3 heteroatoms. The van der Waals surface area contributed by atoms with Crippen molar-refractivity contribution in [3.8, 4) is 0 Å². The Kier molecular flexibility index (Phi) is 2.69. The highest BCUT2D eigenvalue weighted by atomic mass is 32.1. The van der Waals surface area contributed by atoms with Crippen LogP contribution in [-0.2, 0) is 11.2 Å². The Labute approximate surface area is 65.5 Å². The SMILES string of the molecule is [B]C(=O)CCc1cccs1. The Morgan fingerprint density at radius 3 is 3.00 bits per heavy atom. The van der Waals surface area contributed by atoms with Gasteiger partial charge in [0.15, 0.2) is 7.85 Å². The maximum atomic E-state index is 10.3. The summed E-state index contributed by atoms with van der Waals surface area (Å²) in [6.45, 7) is 0. The minimum absolute atomic E-state index is 0.228. The highest BCUT2D eigenvalue weighted by Gasteiger charge is 1.95. The molecule has 1 rings (SSSR count). The van der Waals surface area contributed by atoms with Crippen LogP contribution in [0.25, 0.3) is 0 Å². The quantitative estimate of drug-likeness (QED) is 0.594. The van der Waals surface area contributed by atoms with Gasteiger partial charge < -0.3 is 4.79 Å². The topological polar surface area (TPSA) is 17.1 Å². The molecule has 1 heterocycles. The average Bonchev–Trinajstić information content (AvgIpc) is 2.34. The van der Waals surface area contributed by atoms with Crippen molar-refractivity contribution >= 4 is 24.9 Å². The van der Waals surface area contributed by atoms with Crippen LogP contribution < -0.4 is 0 Å². The summed E-state index contributed by atoms with van der Waals surface area (Å²) in [6.07, 6.45) is 1.24. The predicted octanol–water partition coefficient (Wildman–Crippen LogP) is 1.38. The second-order valence-corrected chi connectivity index (χ2v) is 3.08. The summed E-state index contributed by atoms with van der Waals surface area (Å²) in [7, 11) is 4.97. The van der Waals surface area contributed by atoms with Gasteiger partial charge in [0.05, 0.1) is 5.68 Å². The van der Waals surface area contributed by atoms with Crippen molar-refractivity contribution in [1.82, 2.24) is 0 Å². The van der Waals surface area contributed by atoms with Crippen molar-refractivity contribution in [3.63, 3.8) is 0 Å². The average molecular weight is 150 g/mol. The fraction of sp³-hybridized carbons (Fsp3) is 0.286. The Balaban J connectivity index is 2.35. The highest BCUT2D eigenvalue weighted by Crippen LogP contribution is 2.10. The molecule has 50 valence electrons. The molecule has 0 amide bonds. The summed E-state index contributed by atoms with van der Waals surface area (Å²) in [5, 5.41) is 2.00. The fourth-order valence-corrected chi connectivity index (χ4v) is 1.41. The van der Waals surface area contributed by atoms with E-state index < -0.39 is 0 Å². The van der Waals surface area contributed by atoms with E-state index in [0.717, 1.165) is 6.42 Å². The van der Waals surface area contributed by atoms with Gasteiger partial charge in [-0.3, -0.25) is 0 Å². The molecule has 1 aromatic rings. The molecule has 10 heavy (non-hydrogen) atoms. The van der Waals surface area contributed by atoms with Gasteiger partial charge >= 0.3 is 0 Å². The first-order chi connectivity index (χ1) is 4.79. The van der Waals surface area contributed by atoms with Crippen LogP contribution in [-0.4, -0.2) is 13.5 Å². The second-order valence-electron chi connectivity index (χ2n) is 2.05. The van der Waals surface area contributed by atoms with Gasteiger partial charge in [-0.05, 0) is 24.3 Å². The van der Waals surface area contributed by atoms with Crippen LogP contribution in [0.4, 0.5) is 0 Å². The Morgan fingerprint density at radius 2 is 2.50 bits per heavy atom. The molecule has 0 N–H and O–H groups in total. The third-order valence-electron chi connectivity index (χ3n) is 1.20. The maximum absolute atomic E-state index is 10.3. The molecule has 2 radical (unpaired) electrons. The van der Waals surface area contributed by atoms with Gasteiger partial charge in [-0.2, -0.15) is 0 Å². The first-order valence-electron chi connectivity index (χ1n) is 3.10. The van der Waals surface area contributed by atoms with Gasteiger partial charge in [-0.1, -0.05) is 6.07 Å². The molecule has 0 fully saturated rings. The van der Waals surface area contributed by atoms with Crippen LogP contribution >= 0.6 is 11.3 Å². The zero-order valence-corrected chi connectivity index (χ0v) is 6.36. The zero-order valence-electron chi connectivity index (χ0n) is 5.54.